The molecule has 0 unspecified atom stereocenters. The molecule has 4 heteroatoms. The zero-order valence-corrected chi connectivity index (χ0v) is 13.0. The first-order valence-electron chi connectivity index (χ1n) is 5.71. The van der Waals surface area contributed by atoms with Crippen LogP contribution in [0.2, 0.25) is 0 Å². The molecule has 1 aromatic carbocycles. The van der Waals surface area contributed by atoms with Crippen molar-refractivity contribution in [1.82, 2.24) is 0 Å². The van der Waals surface area contributed by atoms with Crippen molar-refractivity contribution < 1.29 is 9.53 Å². The van der Waals surface area contributed by atoms with E-state index in [1.165, 1.54) is 16.9 Å². The van der Waals surface area contributed by atoms with Crippen molar-refractivity contribution in [1.29, 1.82) is 0 Å². The Hall–Kier alpha value is -0.870. The molecule has 0 aliphatic rings. The Balaban J connectivity index is 2.32. The zero-order valence-electron chi connectivity index (χ0n) is 10.6. The monoisotopic (exact) mass is 326 g/mol. The first-order chi connectivity index (χ1) is 8.39. The summed E-state index contributed by atoms with van der Waals surface area (Å²) >= 11 is 4.91. The molecule has 0 N–H and O–H groups in total. The van der Waals surface area contributed by atoms with E-state index in [-0.39, 0.29) is 5.97 Å². The van der Waals surface area contributed by atoms with Crippen molar-refractivity contribution in [3.8, 4) is 0 Å². The van der Waals surface area contributed by atoms with Gasteiger partial charge in [0.25, 0.3) is 0 Å². The van der Waals surface area contributed by atoms with Crippen LogP contribution in [-0.4, -0.2) is 11.6 Å². The van der Waals surface area contributed by atoms with Crippen molar-refractivity contribution in [2.75, 3.05) is 0 Å². The van der Waals surface area contributed by atoms with Crippen LogP contribution >= 0.6 is 27.3 Å². The molecule has 0 amide bonds. The molecule has 2 rings (SSSR count). The number of halogens is 1. The summed E-state index contributed by atoms with van der Waals surface area (Å²) in [6.07, 6.45) is 0. The number of esters is 1. The van der Waals surface area contributed by atoms with E-state index in [0.29, 0.717) is 4.88 Å². The van der Waals surface area contributed by atoms with Gasteiger partial charge in [-0.2, -0.15) is 0 Å². The number of ether oxygens (including phenoxy) is 1. The van der Waals surface area contributed by atoms with Crippen LogP contribution < -0.4 is 0 Å². The number of alkyl halides is 1. The highest BCUT2D eigenvalue weighted by Gasteiger charge is 2.19. The summed E-state index contributed by atoms with van der Waals surface area (Å²) < 4.78 is 6.48. The molecule has 2 aromatic rings. The molecule has 0 aliphatic heterocycles. The molecule has 2 nitrogen and oxygen atoms in total. The summed E-state index contributed by atoms with van der Waals surface area (Å²) in [5, 5.41) is 1.92. The summed E-state index contributed by atoms with van der Waals surface area (Å²) in [5.74, 6) is -0.246. The topological polar surface area (TPSA) is 26.3 Å². The van der Waals surface area contributed by atoms with Crippen LogP contribution in [0.15, 0.2) is 24.3 Å². The van der Waals surface area contributed by atoms with Gasteiger partial charge >= 0.3 is 5.97 Å². The third kappa shape index (κ3) is 3.12. The van der Waals surface area contributed by atoms with Crippen LogP contribution in [0.3, 0.4) is 0 Å². The third-order valence-electron chi connectivity index (χ3n) is 2.34. The molecule has 1 aromatic heterocycles. The lowest BCUT2D eigenvalue weighted by atomic mass is 10.2. The number of hydrogen-bond acceptors (Lipinski definition) is 3. The highest BCUT2D eigenvalue weighted by molar-refractivity contribution is 9.08. The fourth-order valence-corrected chi connectivity index (χ4v) is 2.87. The maximum Gasteiger partial charge on any atom is 0.348 e. The fourth-order valence-electron chi connectivity index (χ4n) is 1.60. The number of thiophene rings is 1. The fraction of sp³-hybridized carbons (Fsp3) is 0.357. The first kappa shape index (κ1) is 13.6. The molecule has 1 heterocycles. The molecule has 96 valence electrons. The highest BCUT2D eigenvalue weighted by Crippen LogP contribution is 2.28. The van der Waals surface area contributed by atoms with Gasteiger partial charge in [0.2, 0.25) is 0 Å². The lowest BCUT2D eigenvalue weighted by Gasteiger charge is -2.18. The predicted molar refractivity (Wildman–Crippen MR) is 79.6 cm³/mol. The average Bonchev–Trinajstić information content (AvgIpc) is 2.69. The normalized spacial score (nSPS) is 11.8. The molecule has 0 fully saturated rings. The largest absolute Gasteiger partial charge is 0.456 e. The average molecular weight is 327 g/mol. The Bertz CT molecular complexity index is 581. The zero-order chi connectivity index (χ0) is 13.3. The summed E-state index contributed by atoms with van der Waals surface area (Å²) in [4.78, 5) is 12.6. The molecule has 0 saturated carbocycles. The van der Waals surface area contributed by atoms with E-state index in [1.54, 1.807) is 0 Å². The number of carbonyl (C=O) groups is 1. The van der Waals surface area contributed by atoms with Crippen molar-refractivity contribution in [3.63, 3.8) is 0 Å². The quantitative estimate of drug-likeness (QED) is 0.588. The van der Waals surface area contributed by atoms with E-state index in [2.05, 4.69) is 28.1 Å². The van der Waals surface area contributed by atoms with Gasteiger partial charge in [-0.3, -0.25) is 0 Å². The van der Waals surface area contributed by atoms with Gasteiger partial charge in [-0.1, -0.05) is 22.0 Å². The van der Waals surface area contributed by atoms with E-state index >= 15 is 0 Å². The second-order valence-corrected chi connectivity index (χ2v) is 6.76. The molecule has 0 aliphatic carbocycles. The minimum Gasteiger partial charge on any atom is -0.456 e. The molecule has 0 saturated heterocycles. The van der Waals surface area contributed by atoms with Crippen LogP contribution in [-0.2, 0) is 10.1 Å². The van der Waals surface area contributed by atoms with Crippen LogP contribution in [0.5, 0.6) is 0 Å². The van der Waals surface area contributed by atoms with Gasteiger partial charge in [0.05, 0.1) is 0 Å². The summed E-state index contributed by atoms with van der Waals surface area (Å²) in [6, 6.07) is 8.10. The second kappa shape index (κ2) is 5.02. The summed E-state index contributed by atoms with van der Waals surface area (Å²) in [5.41, 5.74) is 0.755. The SMILES string of the molecule is CC(C)(C)OC(=O)c1cc2cc(CBr)ccc2s1. The predicted octanol–water partition coefficient (Wildman–Crippen LogP) is 4.75. The van der Waals surface area contributed by atoms with Crippen LogP contribution in [0.1, 0.15) is 36.0 Å². The first-order valence-corrected chi connectivity index (χ1v) is 7.64. The van der Waals surface area contributed by atoms with Crippen LogP contribution in [0.4, 0.5) is 0 Å². The van der Waals surface area contributed by atoms with Gasteiger partial charge in [0.1, 0.15) is 10.5 Å². The van der Waals surface area contributed by atoms with Crippen LogP contribution in [0.25, 0.3) is 10.1 Å². The van der Waals surface area contributed by atoms with Crippen LogP contribution in [0, 0.1) is 0 Å². The van der Waals surface area contributed by atoms with Gasteiger partial charge in [0.15, 0.2) is 0 Å². The molecule has 0 atom stereocenters. The minimum atomic E-state index is -0.450. The Kier molecular flexibility index (Phi) is 3.78. The van der Waals surface area contributed by atoms with Gasteiger partial charge in [-0.05, 0) is 49.9 Å². The van der Waals surface area contributed by atoms with E-state index in [9.17, 15) is 4.79 Å². The van der Waals surface area contributed by atoms with Crippen molar-refractivity contribution in [2.45, 2.75) is 31.7 Å². The van der Waals surface area contributed by atoms with Crippen molar-refractivity contribution in [2.24, 2.45) is 0 Å². The van der Waals surface area contributed by atoms with E-state index in [0.717, 1.165) is 15.4 Å². The molecule has 18 heavy (non-hydrogen) atoms. The molecular weight excluding hydrogens is 312 g/mol. The Morgan fingerprint density at radius 1 is 1.33 bits per heavy atom. The maximum absolute atomic E-state index is 12.0. The Morgan fingerprint density at radius 3 is 2.67 bits per heavy atom. The van der Waals surface area contributed by atoms with Gasteiger partial charge in [-0.15, -0.1) is 11.3 Å². The summed E-state index contributed by atoms with van der Waals surface area (Å²) in [7, 11) is 0. The van der Waals surface area contributed by atoms with E-state index in [4.69, 9.17) is 4.74 Å². The molecule has 0 bridgehead atoms. The van der Waals surface area contributed by atoms with Gasteiger partial charge in [0, 0.05) is 10.0 Å². The number of fused-ring (bicyclic) bond motifs is 1. The Labute approximate surface area is 119 Å². The number of carbonyl (C=O) groups excluding carboxylic acids is 1. The van der Waals surface area contributed by atoms with E-state index in [1.807, 2.05) is 32.9 Å². The van der Waals surface area contributed by atoms with Crippen molar-refractivity contribution >= 4 is 43.3 Å². The highest BCUT2D eigenvalue weighted by atomic mass is 79.9. The van der Waals surface area contributed by atoms with Gasteiger partial charge < -0.3 is 4.74 Å². The minimum absolute atomic E-state index is 0.246. The molecule has 0 radical (unpaired) electrons. The second-order valence-electron chi connectivity index (χ2n) is 5.12. The number of benzene rings is 1. The Morgan fingerprint density at radius 2 is 2.06 bits per heavy atom. The number of hydrogen-bond donors (Lipinski definition) is 0. The summed E-state index contributed by atoms with van der Waals surface area (Å²) in [6.45, 7) is 5.63. The van der Waals surface area contributed by atoms with E-state index < -0.39 is 5.60 Å². The molecule has 0 spiro atoms. The van der Waals surface area contributed by atoms with Gasteiger partial charge in [-0.25, -0.2) is 4.79 Å². The standard InChI is InChI=1S/C14H15BrO2S/c1-14(2,3)17-13(16)12-7-10-6-9(8-15)4-5-11(10)18-12/h4-7H,8H2,1-3H3. The molecular formula is C14H15BrO2S. The number of rotatable bonds is 2. The smallest absolute Gasteiger partial charge is 0.348 e. The third-order valence-corrected chi connectivity index (χ3v) is 4.08. The van der Waals surface area contributed by atoms with Crippen molar-refractivity contribution in [3.05, 3.63) is 34.7 Å². The maximum atomic E-state index is 12.0. The lowest BCUT2D eigenvalue weighted by molar-refractivity contribution is 0.00753. The lowest BCUT2D eigenvalue weighted by Crippen LogP contribution is -2.23.